The largest absolute Gasteiger partial charge is 0.377 e. The van der Waals surface area contributed by atoms with Gasteiger partial charge in [-0.15, -0.1) is 0 Å². The highest BCUT2D eigenvalue weighted by atomic mass is 32.1. The molecule has 0 aliphatic heterocycles. The second kappa shape index (κ2) is 5.19. The van der Waals surface area contributed by atoms with Crippen LogP contribution in [0, 0.1) is 0 Å². The van der Waals surface area contributed by atoms with Crippen molar-refractivity contribution in [2.24, 2.45) is 0 Å². The maximum atomic E-state index is 4.22. The molecule has 0 saturated heterocycles. The van der Waals surface area contributed by atoms with Gasteiger partial charge >= 0.3 is 0 Å². The molecule has 0 aliphatic carbocycles. The number of hydrogen-bond acceptors (Lipinski definition) is 4. The zero-order chi connectivity index (χ0) is 9.72. The topological polar surface area (TPSA) is 18.5 Å². The first kappa shape index (κ1) is 11.5. The number of thiol groups is 1. The van der Waals surface area contributed by atoms with Crippen LogP contribution in [-0.4, -0.2) is 43.4 Å². The Kier molecular flexibility index (Phi) is 4.97. The van der Waals surface area contributed by atoms with Gasteiger partial charge in [-0.25, -0.2) is 0 Å². The van der Waals surface area contributed by atoms with E-state index in [2.05, 4.69) is 17.9 Å². The summed E-state index contributed by atoms with van der Waals surface area (Å²) in [6, 6.07) is 0. The summed E-state index contributed by atoms with van der Waals surface area (Å²) < 4.78 is 0. The molecule has 0 amide bonds. The Morgan fingerprint density at radius 1 is 1.25 bits per heavy atom. The smallest absolute Gasteiger partial charge is 0.119 e. The number of hydrogen-bond donors (Lipinski definition) is 2. The molecular weight excluding hydrogens is 170 g/mol. The summed E-state index contributed by atoms with van der Waals surface area (Å²) in [6.07, 6.45) is 1.96. The molecule has 1 unspecified atom stereocenters. The fraction of sp³-hybridized carbons (Fsp3) is 0.750. The van der Waals surface area contributed by atoms with E-state index < -0.39 is 0 Å². The van der Waals surface area contributed by atoms with Crippen molar-refractivity contribution in [3.8, 4) is 0 Å². The highest BCUT2D eigenvalue weighted by Crippen LogP contribution is 2.00. The number of nitrogens with zero attached hydrogens (tertiary/aromatic N) is 2. The third-order valence-electron chi connectivity index (χ3n) is 1.37. The zero-order valence-corrected chi connectivity index (χ0v) is 9.39. The van der Waals surface area contributed by atoms with E-state index in [1.54, 1.807) is 0 Å². The molecule has 0 radical (unpaired) electrons. The van der Waals surface area contributed by atoms with Gasteiger partial charge in [0.1, 0.15) is 5.82 Å². The van der Waals surface area contributed by atoms with E-state index in [0.29, 0.717) is 0 Å². The average Bonchev–Trinajstić information content (AvgIpc) is 1.84. The van der Waals surface area contributed by atoms with E-state index in [1.165, 1.54) is 0 Å². The second-order valence-corrected chi connectivity index (χ2v) is 3.91. The van der Waals surface area contributed by atoms with Crippen LogP contribution in [0.1, 0.15) is 6.92 Å². The first-order chi connectivity index (χ1) is 5.45. The third-order valence-corrected chi connectivity index (χ3v) is 1.52. The molecule has 1 atom stereocenters. The van der Waals surface area contributed by atoms with Crippen LogP contribution in [0.25, 0.3) is 0 Å². The SMILES string of the molecule is CC(S)NC=C(N(C)C)N(C)C. The summed E-state index contributed by atoms with van der Waals surface area (Å²) in [4.78, 5) is 4.09. The molecule has 0 bridgehead atoms. The zero-order valence-electron chi connectivity index (χ0n) is 8.50. The van der Waals surface area contributed by atoms with Crippen molar-refractivity contribution in [3.63, 3.8) is 0 Å². The van der Waals surface area contributed by atoms with Gasteiger partial charge in [0.2, 0.25) is 0 Å². The fourth-order valence-corrected chi connectivity index (χ4v) is 0.928. The van der Waals surface area contributed by atoms with Crippen molar-refractivity contribution in [2.75, 3.05) is 28.2 Å². The van der Waals surface area contributed by atoms with Crippen LogP contribution in [0.15, 0.2) is 12.0 Å². The minimum absolute atomic E-state index is 0.180. The Hall–Kier alpha value is -0.510. The summed E-state index contributed by atoms with van der Waals surface area (Å²) in [6.45, 7) is 1.99. The van der Waals surface area contributed by atoms with Gasteiger partial charge in [-0.3, -0.25) is 0 Å². The van der Waals surface area contributed by atoms with Gasteiger partial charge in [0, 0.05) is 34.4 Å². The van der Waals surface area contributed by atoms with Crippen LogP contribution >= 0.6 is 12.6 Å². The highest BCUT2D eigenvalue weighted by Gasteiger charge is 2.01. The predicted octanol–water partition coefficient (Wildman–Crippen LogP) is 0.774. The van der Waals surface area contributed by atoms with Crippen molar-refractivity contribution >= 4 is 12.6 Å². The fourth-order valence-electron chi connectivity index (χ4n) is 0.853. The molecule has 0 aromatic carbocycles. The van der Waals surface area contributed by atoms with Gasteiger partial charge in [0.05, 0.1) is 5.37 Å². The maximum Gasteiger partial charge on any atom is 0.119 e. The first-order valence-electron chi connectivity index (χ1n) is 3.94. The van der Waals surface area contributed by atoms with Crippen molar-refractivity contribution in [1.29, 1.82) is 0 Å². The lowest BCUT2D eigenvalue weighted by Gasteiger charge is -2.24. The molecule has 0 saturated carbocycles. The lowest BCUT2D eigenvalue weighted by atomic mass is 10.5. The quantitative estimate of drug-likeness (QED) is 0.503. The average molecular weight is 189 g/mol. The standard InChI is InChI=1S/C8H19N3S/c1-7(12)9-6-8(10(2)3)11(4)5/h6-7,9,12H,1-5H3. The van der Waals surface area contributed by atoms with Crippen LogP contribution < -0.4 is 5.32 Å². The van der Waals surface area contributed by atoms with E-state index in [9.17, 15) is 0 Å². The minimum Gasteiger partial charge on any atom is -0.377 e. The Bertz CT molecular complexity index is 142. The van der Waals surface area contributed by atoms with E-state index in [4.69, 9.17) is 0 Å². The number of nitrogens with one attached hydrogen (secondary N) is 1. The molecule has 0 aromatic heterocycles. The van der Waals surface area contributed by atoms with Gasteiger partial charge < -0.3 is 15.1 Å². The van der Waals surface area contributed by atoms with Gasteiger partial charge in [-0.05, 0) is 6.92 Å². The van der Waals surface area contributed by atoms with Crippen LogP contribution in [-0.2, 0) is 0 Å². The molecule has 4 heteroatoms. The summed E-state index contributed by atoms with van der Waals surface area (Å²) in [7, 11) is 8.04. The summed E-state index contributed by atoms with van der Waals surface area (Å²) in [5.41, 5.74) is 0. The summed E-state index contributed by atoms with van der Waals surface area (Å²) in [5.74, 6) is 1.12. The van der Waals surface area contributed by atoms with Gasteiger partial charge in [-0.1, -0.05) is 0 Å². The minimum atomic E-state index is 0.180. The van der Waals surface area contributed by atoms with Crippen molar-refractivity contribution in [2.45, 2.75) is 12.3 Å². The van der Waals surface area contributed by atoms with E-state index in [1.807, 2.05) is 51.1 Å². The molecule has 3 nitrogen and oxygen atoms in total. The van der Waals surface area contributed by atoms with Crippen LogP contribution in [0.5, 0.6) is 0 Å². The van der Waals surface area contributed by atoms with Crippen molar-refractivity contribution in [1.82, 2.24) is 15.1 Å². The normalized spacial score (nSPS) is 11.8. The molecule has 72 valence electrons. The van der Waals surface area contributed by atoms with Crippen LogP contribution in [0.2, 0.25) is 0 Å². The van der Waals surface area contributed by atoms with E-state index in [0.717, 1.165) is 5.82 Å². The van der Waals surface area contributed by atoms with Gasteiger partial charge in [0.25, 0.3) is 0 Å². The molecule has 0 spiro atoms. The number of rotatable bonds is 4. The van der Waals surface area contributed by atoms with Crippen LogP contribution in [0.4, 0.5) is 0 Å². The van der Waals surface area contributed by atoms with Gasteiger partial charge in [-0.2, -0.15) is 12.6 Å². The second-order valence-electron chi connectivity index (χ2n) is 3.13. The molecule has 0 rings (SSSR count). The molecule has 12 heavy (non-hydrogen) atoms. The lowest BCUT2D eigenvalue weighted by molar-refractivity contribution is 0.338. The van der Waals surface area contributed by atoms with E-state index in [-0.39, 0.29) is 5.37 Å². The summed E-state index contributed by atoms with van der Waals surface area (Å²) in [5, 5.41) is 3.31. The summed E-state index contributed by atoms with van der Waals surface area (Å²) >= 11 is 4.22. The molecular formula is C8H19N3S. The lowest BCUT2D eigenvalue weighted by Crippen LogP contribution is -2.28. The Labute approximate surface area is 80.8 Å². The monoisotopic (exact) mass is 189 g/mol. The predicted molar refractivity (Wildman–Crippen MR) is 57.0 cm³/mol. The molecule has 0 fully saturated rings. The highest BCUT2D eigenvalue weighted by molar-refractivity contribution is 7.80. The van der Waals surface area contributed by atoms with E-state index >= 15 is 0 Å². The molecule has 0 heterocycles. The van der Waals surface area contributed by atoms with Crippen molar-refractivity contribution in [3.05, 3.63) is 12.0 Å². The van der Waals surface area contributed by atoms with Crippen LogP contribution in [0.3, 0.4) is 0 Å². The third kappa shape index (κ3) is 4.38. The van der Waals surface area contributed by atoms with Gasteiger partial charge in [0.15, 0.2) is 0 Å². The molecule has 0 aliphatic rings. The molecule has 1 N–H and O–H groups in total. The Balaban J connectivity index is 4.19. The maximum absolute atomic E-state index is 4.22. The Morgan fingerprint density at radius 3 is 1.92 bits per heavy atom. The molecule has 0 aromatic rings. The first-order valence-corrected chi connectivity index (χ1v) is 4.45. The van der Waals surface area contributed by atoms with Crippen molar-refractivity contribution < 1.29 is 0 Å². The Morgan fingerprint density at radius 2 is 1.67 bits per heavy atom.